The van der Waals surface area contributed by atoms with E-state index in [9.17, 15) is 13.2 Å². The fraction of sp³-hybridized carbons (Fsp3) is 0.533. The average molecular weight is 376 g/mol. The molecule has 1 amide bonds. The van der Waals surface area contributed by atoms with Gasteiger partial charge in [-0.2, -0.15) is 4.31 Å². The molecule has 1 aliphatic rings. The van der Waals surface area contributed by atoms with Crippen molar-refractivity contribution in [3.63, 3.8) is 0 Å². The van der Waals surface area contributed by atoms with Gasteiger partial charge >= 0.3 is 0 Å². The van der Waals surface area contributed by atoms with Gasteiger partial charge in [0.2, 0.25) is 10.0 Å². The number of sulfonamides is 1. The lowest BCUT2D eigenvalue weighted by molar-refractivity contribution is 0.0937. The Labute approximate surface area is 147 Å². The van der Waals surface area contributed by atoms with E-state index < -0.39 is 10.0 Å². The van der Waals surface area contributed by atoms with Gasteiger partial charge in [0.1, 0.15) is 4.90 Å². The maximum atomic E-state index is 12.8. The minimum Gasteiger partial charge on any atom is -0.383 e. The molecular formula is C15H22ClN3O4S. The third-order valence-electron chi connectivity index (χ3n) is 3.87. The number of amides is 1. The molecule has 7 nitrogen and oxygen atoms in total. The second-order valence-corrected chi connectivity index (χ2v) is 7.91. The summed E-state index contributed by atoms with van der Waals surface area (Å²) in [6.07, 6.45) is 0. The predicted octanol–water partition coefficient (Wildman–Crippen LogP) is 0.652. The molecule has 24 heavy (non-hydrogen) atoms. The molecule has 0 saturated carbocycles. The third kappa shape index (κ3) is 4.46. The third-order valence-corrected chi connectivity index (χ3v) is 6.25. The molecular weight excluding hydrogens is 354 g/mol. The van der Waals surface area contributed by atoms with Crippen LogP contribution in [0.5, 0.6) is 0 Å². The van der Waals surface area contributed by atoms with Crippen molar-refractivity contribution >= 4 is 27.5 Å². The highest BCUT2D eigenvalue weighted by atomic mass is 35.5. The number of benzene rings is 1. The number of likely N-dealkylation sites (N-methyl/N-ethyl adjacent to an activating group) is 1. The number of hydrogen-bond donors (Lipinski definition) is 1. The van der Waals surface area contributed by atoms with Gasteiger partial charge in [-0.05, 0) is 25.2 Å². The molecule has 0 spiro atoms. The molecule has 1 aliphatic heterocycles. The van der Waals surface area contributed by atoms with Crippen LogP contribution in [0.25, 0.3) is 0 Å². The summed E-state index contributed by atoms with van der Waals surface area (Å²) in [7, 11) is -0.244. The molecule has 1 aromatic rings. The van der Waals surface area contributed by atoms with Crippen molar-refractivity contribution in [2.45, 2.75) is 4.90 Å². The summed E-state index contributed by atoms with van der Waals surface area (Å²) < 4.78 is 31.9. The summed E-state index contributed by atoms with van der Waals surface area (Å²) in [5, 5.41) is 2.77. The van der Waals surface area contributed by atoms with E-state index in [1.165, 1.54) is 29.6 Å². The van der Waals surface area contributed by atoms with Crippen molar-refractivity contribution in [1.29, 1.82) is 0 Å². The normalized spacial score (nSPS) is 17.0. The minimum atomic E-state index is -3.73. The zero-order valence-corrected chi connectivity index (χ0v) is 15.4. The van der Waals surface area contributed by atoms with Crippen molar-refractivity contribution in [2.75, 3.05) is 53.5 Å². The number of hydrogen-bond acceptors (Lipinski definition) is 5. The molecule has 0 unspecified atom stereocenters. The van der Waals surface area contributed by atoms with E-state index in [-0.39, 0.29) is 21.4 Å². The molecule has 0 atom stereocenters. The van der Waals surface area contributed by atoms with Crippen LogP contribution in [-0.4, -0.2) is 77.0 Å². The lowest BCUT2D eigenvalue weighted by Crippen LogP contribution is -2.47. The quantitative estimate of drug-likeness (QED) is 0.739. The largest absolute Gasteiger partial charge is 0.383 e. The maximum absolute atomic E-state index is 12.8. The number of rotatable bonds is 6. The highest BCUT2D eigenvalue weighted by molar-refractivity contribution is 7.89. The Morgan fingerprint density at radius 3 is 2.58 bits per heavy atom. The molecule has 1 fully saturated rings. The van der Waals surface area contributed by atoms with Crippen LogP contribution in [-0.2, 0) is 14.8 Å². The first-order chi connectivity index (χ1) is 11.4. The molecule has 0 radical (unpaired) electrons. The standard InChI is InChI=1S/C15H22ClN3O4S/c1-18-6-8-19(9-7-18)24(21,22)14-11-12(3-4-13(14)16)15(20)17-5-10-23-2/h3-4,11H,5-10H2,1-2H3,(H,17,20). The van der Waals surface area contributed by atoms with E-state index in [2.05, 4.69) is 10.2 Å². The Morgan fingerprint density at radius 2 is 1.96 bits per heavy atom. The number of halogens is 1. The van der Waals surface area contributed by atoms with Gasteiger partial charge in [-0.25, -0.2) is 8.42 Å². The van der Waals surface area contributed by atoms with Crippen molar-refractivity contribution in [3.05, 3.63) is 28.8 Å². The van der Waals surface area contributed by atoms with Crippen LogP contribution in [0.4, 0.5) is 0 Å². The average Bonchev–Trinajstić information content (AvgIpc) is 2.55. The molecule has 2 rings (SSSR count). The monoisotopic (exact) mass is 375 g/mol. The van der Waals surface area contributed by atoms with Gasteiger partial charge in [0, 0.05) is 45.4 Å². The molecule has 1 N–H and O–H groups in total. The van der Waals surface area contributed by atoms with Crippen molar-refractivity contribution in [1.82, 2.24) is 14.5 Å². The van der Waals surface area contributed by atoms with Crippen LogP contribution in [0.2, 0.25) is 5.02 Å². The Morgan fingerprint density at radius 1 is 1.29 bits per heavy atom. The second-order valence-electron chi connectivity index (χ2n) is 5.60. The van der Waals surface area contributed by atoms with Crippen LogP contribution < -0.4 is 5.32 Å². The zero-order valence-electron chi connectivity index (χ0n) is 13.8. The van der Waals surface area contributed by atoms with Crippen LogP contribution in [0.3, 0.4) is 0 Å². The lowest BCUT2D eigenvalue weighted by Gasteiger charge is -2.31. The van der Waals surface area contributed by atoms with Crippen LogP contribution in [0, 0.1) is 0 Å². The minimum absolute atomic E-state index is 0.0342. The van der Waals surface area contributed by atoms with Gasteiger partial charge < -0.3 is 15.0 Å². The first-order valence-corrected chi connectivity index (χ1v) is 9.43. The summed E-state index contributed by atoms with van der Waals surface area (Å²) in [5.41, 5.74) is 0.253. The summed E-state index contributed by atoms with van der Waals surface area (Å²) in [4.78, 5) is 14.1. The summed E-state index contributed by atoms with van der Waals surface area (Å²) in [6, 6.07) is 4.28. The van der Waals surface area contributed by atoms with Crippen LogP contribution >= 0.6 is 11.6 Å². The van der Waals surface area contributed by atoms with Gasteiger partial charge in [-0.1, -0.05) is 11.6 Å². The molecule has 0 aromatic heterocycles. The number of methoxy groups -OCH3 is 1. The number of nitrogens with zero attached hydrogens (tertiary/aromatic N) is 2. The molecule has 1 saturated heterocycles. The van der Waals surface area contributed by atoms with Gasteiger partial charge in [-0.15, -0.1) is 0 Å². The van der Waals surface area contributed by atoms with Gasteiger partial charge in [-0.3, -0.25) is 4.79 Å². The maximum Gasteiger partial charge on any atom is 0.251 e. The molecule has 9 heteroatoms. The van der Waals surface area contributed by atoms with Gasteiger partial charge in [0.25, 0.3) is 5.91 Å². The topological polar surface area (TPSA) is 78.9 Å². The number of nitrogens with one attached hydrogen (secondary N) is 1. The number of carbonyl (C=O) groups excluding carboxylic acids is 1. The fourth-order valence-corrected chi connectivity index (χ4v) is 4.30. The van der Waals surface area contributed by atoms with E-state index in [0.717, 1.165) is 0 Å². The van der Waals surface area contributed by atoms with Crippen LogP contribution in [0.1, 0.15) is 10.4 Å². The van der Waals surface area contributed by atoms with E-state index in [0.29, 0.717) is 39.3 Å². The smallest absolute Gasteiger partial charge is 0.251 e. The Kier molecular flexibility index (Phi) is 6.59. The van der Waals surface area contributed by atoms with E-state index in [1.807, 2.05) is 7.05 Å². The van der Waals surface area contributed by atoms with Crippen molar-refractivity contribution in [3.8, 4) is 0 Å². The van der Waals surface area contributed by atoms with E-state index >= 15 is 0 Å². The number of ether oxygens (including phenoxy) is 1. The van der Waals surface area contributed by atoms with Gasteiger partial charge in [0.15, 0.2) is 0 Å². The summed E-state index contributed by atoms with van der Waals surface area (Å²) >= 11 is 6.09. The summed E-state index contributed by atoms with van der Waals surface area (Å²) in [6.45, 7) is 2.85. The Balaban J connectivity index is 2.22. The number of piperazine rings is 1. The van der Waals surface area contributed by atoms with Crippen molar-refractivity contribution in [2.24, 2.45) is 0 Å². The molecule has 134 valence electrons. The first-order valence-electron chi connectivity index (χ1n) is 7.61. The summed E-state index contributed by atoms with van der Waals surface area (Å²) in [5.74, 6) is -0.362. The van der Waals surface area contributed by atoms with E-state index in [4.69, 9.17) is 16.3 Å². The van der Waals surface area contributed by atoms with Crippen molar-refractivity contribution < 1.29 is 17.9 Å². The zero-order chi connectivity index (χ0) is 17.7. The van der Waals surface area contributed by atoms with E-state index in [1.54, 1.807) is 0 Å². The molecule has 1 heterocycles. The Hall–Kier alpha value is -1.19. The highest BCUT2D eigenvalue weighted by Crippen LogP contribution is 2.26. The fourth-order valence-electron chi connectivity index (χ4n) is 2.38. The lowest BCUT2D eigenvalue weighted by atomic mass is 10.2. The van der Waals surface area contributed by atoms with Crippen LogP contribution in [0.15, 0.2) is 23.1 Å². The Bertz CT molecular complexity index is 688. The molecule has 1 aromatic carbocycles. The molecule has 0 bridgehead atoms. The number of carbonyl (C=O) groups is 1. The van der Waals surface area contributed by atoms with Gasteiger partial charge in [0.05, 0.1) is 11.6 Å². The predicted molar refractivity (Wildman–Crippen MR) is 91.9 cm³/mol. The highest BCUT2D eigenvalue weighted by Gasteiger charge is 2.29. The SMILES string of the molecule is COCCNC(=O)c1ccc(Cl)c(S(=O)(=O)N2CCN(C)CC2)c1. The first kappa shape index (κ1) is 19.1. The second kappa shape index (κ2) is 8.26. The molecule has 0 aliphatic carbocycles.